The molecule has 0 saturated heterocycles. The molecule has 0 heterocycles. The highest BCUT2D eigenvalue weighted by Crippen LogP contribution is 2.17. The van der Waals surface area contributed by atoms with Gasteiger partial charge in [0.1, 0.15) is 18.1 Å². The Morgan fingerprint density at radius 2 is 1.81 bits per heavy atom. The van der Waals surface area contributed by atoms with E-state index in [-0.39, 0.29) is 0 Å². The maximum Gasteiger partial charge on any atom is 0.123 e. The van der Waals surface area contributed by atoms with E-state index in [0.29, 0.717) is 18.2 Å². The number of para-hydroxylation sites is 1. The van der Waals surface area contributed by atoms with E-state index in [0.717, 1.165) is 28.2 Å². The summed E-state index contributed by atoms with van der Waals surface area (Å²) in [5, 5.41) is 4.97. The summed E-state index contributed by atoms with van der Waals surface area (Å²) in [6, 6.07) is 23.3. The summed E-state index contributed by atoms with van der Waals surface area (Å²) in [5.41, 5.74) is 6.11. The number of hydrogen-bond donors (Lipinski definition) is 1. The van der Waals surface area contributed by atoms with Gasteiger partial charge in [0.25, 0.3) is 0 Å². The molecule has 3 aromatic rings. The number of ether oxygens (including phenoxy) is 2. The van der Waals surface area contributed by atoms with Crippen molar-refractivity contribution in [3.63, 3.8) is 0 Å². The predicted molar refractivity (Wildman–Crippen MR) is 110 cm³/mol. The maximum atomic E-state index is 5.98. The fraction of sp³-hybridized carbons (Fsp3) is 0.136. The third-order valence-corrected chi connectivity index (χ3v) is 4.18. The third kappa shape index (κ3) is 5.76. The minimum atomic E-state index is 0.481. The van der Waals surface area contributed by atoms with Gasteiger partial charge in [-0.25, -0.2) is 0 Å². The molecule has 0 saturated carbocycles. The molecule has 0 aliphatic rings. The van der Waals surface area contributed by atoms with Crippen molar-refractivity contribution in [3.05, 3.63) is 94.5 Å². The van der Waals surface area contributed by atoms with E-state index in [2.05, 4.69) is 10.5 Å². The van der Waals surface area contributed by atoms with Crippen molar-refractivity contribution >= 4 is 17.8 Å². The number of nitrogens with one attached hydrogen (secondary N) is 1. The average Bonchev–Trinajstić information content (AvgIpc) is 2.71. The molecule has 0 aliphatic carbocycles. The molecule has 0 bridgehead atoms. The van der Waals surface area contributed by atoms with Crippen LogP contribution in [-0.4, -0.2) is 13.3 Å². The third-order valence-electron chi connectivity index (χ3n) is 3.94. The Bertz CT molecular complexity index is 895. The van der Waals surface area contributed by atoms with Gasteiger partial charge in [0, 0.05) is 10.6 Å². The summed E-state index contributed by atoms with van der Waals surface area (Å²) < 4.78 is 11.1. The van der Waals surface area contributed by atoms with E-state index in [1.54, 1.807) is 13.3 Å². The molecule has 0 fully saturated rings. The molecular formula is C22H21ClN2O2. The smallest absolute Gasteiger partial charge is 0.123 e. The molecule has 0 unspecified atom stereocenters. The van der Waals surface area contributed by atoms with Crippen LogP contribution in [0.25, 0.3) is 0 Å². The molecule has 27 heavy (non-hydrogen) atoms. The SMILES string of the molecule is COc1ccccc1CN/N=C\c1ccc(OCc2cccc(Cl)c2)cc1. The highest BCUT2D eigenvalue weighted by molar-refractivity contribution is 6.30. The van der Waals surface area contributed by atoms with E-state index in [4.69, 9.17) is 21.1 Å². The number of halogens is 1. The zero-order chi connectivity index (χ0) is 18.9. The van der Waals surface area contributed by atoms with Gasteiger partial charge in [0.15, 0.2) is 0 Å². The van der Waals surface area contributed by atoms with Crippen LogP contribution in [0.5, 0.6) is 11.5 Å². The first kappa shape index (κ1) is 18.8. The lowest BCUT2D eigenvalue weighted by Gasteiger charge is -2.07. The first-order chi connectivity index (χ1) is 13.2. The topological polar surface area (TPSA) is 42.8 Å². The van der Waals surface area contributed by atoms with Gasteiger partial charge < -0.3 is 14.9 Å². The predicted octanol–water partition coefficient (Wildman–Crippen LogP) is 5.05. The second-order valence-electron chi connectivity index (χ2n) is 5.89. The lowest BCUT2D eigenvalue weighted by Crippen LogP contribution is -2.06. The lowest BCUT2D eigenvalue weighted by atomic mass is 10.2. The largest absolute Gasteiger partial charge is 0.496 e. The fourth-order valence-electron chi connectivity index (χ4n) is 2.54. The molecule has 3 aromatic carbocycles. The van der Waals surface area contributed by atoms with Crippen molar-refractivity contribution in [1.29, 1.82) is 0 Å². The molecule has 0 radical (unpaired) electrons. The number of hydrogen-bond acceptors (Lipinski definition) is 4. The molecule has 0 spiro atoms. The lowest BCUT2D eigenvalue weighted by molar-refractivity contribution is 0.306. The molecule has 5 heteroatoms. The Morgan fingerprint density at radius 3 is 2.59 bits per heavy atom. The van der Waals surface area contributed by atoms with Gasteiger partial charge in [-0.15, -0.1) is 0 Å². The zero-order valence-electron chi connectivity index (χ0n) is 15.1. The number of rotatable bonds is 8. The summed E-state index contributed by atoms with van der Waals surface area (Å²) in [6.07, 6.45) is 1.77. The van der Waals surface area contributed by atoms with Crippen molar-refractivity contribution in [2.45, 2.75) is 13.2 Å². The summed E-state index contributed by atoms with van der Waals surface area (Å²) >= 11 is 5.98. The fourth-order valence-corrected chi connectivity index (χ4v) is 2.76. The van der Waals surface area contributed by atoms with E-state index in [1.807, 2.05) is 72.8 Å². The van der Waals surface area contributed by atoms with E-state index < -0.39 is 0 Å². The summed E-state index contributed by atoms with van der Waals surface area (Å²) in [4.78, 5) is 0. The van der Waals surface area contributed by atoms with Gasteiger partial charge in [-0.3, -0.25) is 0 Å². The zero-order valence-corrected chi connectivity index (χ0v) is 15.8. The van der Waals surface area contributed by atoms with Crippen LogP contribution in [0.3, 0.4) is 0 Å². The Kier molecular flexibility index (Phi) is 6.72. The summed E-state index contributed by atoms with van der Waals surface area (Å²) in [7, 11) is 1.66. The molecule has 0 atom stereocenters. The summed E-state index contributed by atoms with van der Waals surface area (Å²) in [6.45, 7) is 1.08. The normalized spacial score (nSPS) is 10.7. The molecule has 138 valence electrons. The average molecular weight is 381 g/mol. The van der Waals surface area contributed by atoms with Crippen LogP contribution in [0.4, 0.5) is 0 Å². The monoisotopic (exact) mass is 380 g/mol. The van der Waals surface area contributed by atoms with Crippen molar-refractivity contribution in [1.82, 2.24) is 5.43 Å². The Morgan fingerprint density at radius 1 is 1.00 bits per heavy atom. The van der Waals surface area contributed by atoms with Crippen LogP contribution in [0.15, 0.2) is 77.9 Å². The van der Waals surface area contributed by atoms with Crippen LogP contribution < -0.4 is 14.9 Å². The van der Waals surface area contributed by atoms with Crippen molar-refractivity contribution in [2.75, 3.05) is 7.11 Å². The molecule has 0 aromatic heterocycles. The quantitative estimate of drug-likeness (QED) is 0.439. The van der Waals surface area contributed by atoms with Gasteiger partial charge in [0.05, 0.1) is 19.9 Å². The van der Waals surface area contributed by atoms with Crippen LogP contribution in [0, 0.1) is 0 Å². The minimum Gasteiger partial charge on any atom is -0.496 e. The molecule has 0 aliphatic heterocycles. The first-order valence-electron chi connectivity index (χ1n) is 8.60. The Hall–Kier alpha value is -2.98. The van der Waals surface area contributed by atoms with E-state index in [1.165, 1.54) is 0 Å². The van der Waals surface area contributed by atoms with Crippen LogP contribution in [0.2, 0.25) is 5.02 Å². The molecule has 4 nitrogen and oxygen atoms in total. The highest BCUT2D eigenvalue weighted by Gasteiger charge is 2.00. The van der Waals surface area contributed by atoms with Crippen LogP contribution in [0.1, 0.15) is 16.7 Å². The van der Waals surface area contributed by atoms with Crippen LogP contribution >= 0.6 is 11.6 Å². The van der Waals surface area contributed by atoms with Gasteiger partial charge in [-0.2, -0.15) is 5.10 Å². The first-order valence-corrected chi connectivity index (χ1v) is 8.97. The molecule has 1 N–H and O–H groups in total. The standard InChI is InChI=1S/C22H21ClN2O2/c1-26-22-8-3-2-6-19(22)15-25-24-14-17-9-11-21(12-10-17)27-16-18-5-4-7-20(23)13-18/h2-14,25H,15-16H2,1H3/b24-14-. The highest BCUT2D eigenvalue weighted by atomic mass is 35.5. The number of hydrazone groups is 1. The summed E-state index contributed by atoms with van der Waals surface area (Å²) in [5.74, 6) is 1.65. The second-order valence-corrected chi connectivity index (χ2v) is 6.33. The van der Waals surface area contributed by atoms with E-state index >= 15 is 0 Å². The van der Waals surface area contributed by atoms with Crippen molar-refractivity contribution in [3.8, 4) is 11.5 Å². The second kappa shape index (κ2) is 9.64. The van der Waals surface area contributed by atoms with Gasteiger partial charge in [0.2, 0.25) is 0 Å². The Labute approximate surface area is 164 Å². The van der Waals surface area contributed by atoms with Crippen LogP contribution in [-0.2, 0) is 13.2 Å². The minimum absolute atomic E-state index is 0.481. The van der Waals surface area contributed by atoms with Gasteiger partial charge in [-0.1, -0.05) is 41.9 Å². The van der Waals surface area contributed by atoms with Crippen molar-refractivity contribution in [2.24, 2.45) is 5.10 Å². The van der Waals surface area contributed by atoms with E-state index in [9.17, 15) is 0 Å². The number of nitrogens with zero attached hydrogens (tertiary/aromatic N) is 1. The molecule has 0 amide bonds. The van der Waals surface area contributed by atoms with Gasteiger partial charge in [-0.05, 0) is 53.6 Å². The maximum absolute atomic E-state index is 5.98. The van der Waals surface area contributed by atoms with Crippen molar-refractivity contribution < 1.29 is 9.47 Å². The number of methoxy groups -OCH3 is 1. The molecular weight excluding hydrogens is 360 g/mol. The number of benzene rings is 3. The van der Waals surface area contributed by atoms with Gasteiger partial charge >= 0.3 is 0 Å². The molecule has 3 rings (SSSR count). The Balaban J connectivity index is 1.49.